The molecule has 10 nitrogen and oxygen atoms in total. The van der Waals surface area contributed by atoms with Crippen LogP contribution >= 0.6 is 62.3 Å². The van der Waals surface area contributed by atoms with E-state index in [4.69, 9.17) is 65.3 Å². The smallest absolute Gasteiger partial charge is 0.488 e. The lowest BCUT2D eigenvalue weighted by Gasteiger charge is -2.04. The van der Waals surface area contributed by atoms with Gasteiger partial charge in [0.05, 0.1) is 29.5 Å². The van der Waals surface area contributed by atoms with Crippen LogP contribution < -0.4 is 5.46 Å². The van der Waals surface area contributed by atoms with Gasteiger partial charge in [0.15, 0.2) is 17.1 Å². The lowest BCUT2D eigenvalue weighted by atomic mass is 9.80. The van der Waals surface area contributed by atoms with E-state index in [1.165, 1.54) is 32.4 Å². The number of esters is 2. The molecule has 4 aromatic carbocycles. The molecule has 0 aliphatic rings. The molecular weight excluding hydrogens is 777 g/mol. The number of para-hydroxylation sites is 2. The van der Waals surface area contributed by atoms with Crippen LogP contribution in [0.3, 0.4) is 0 Å². The minimum atomic E-state index is -1.52. The first-order valence-corrected chi connectivity index (χ1v) is 15.7. The molecule has 6 rings (SSSR count). The van der Waals surface area contributed by atoms with Crippen LogP contribution in [0, 0.1) is 0 Å². The van der Waals surface area contributed by atoms with Gasteiger partial charge in [-0.3, -0.25) is 0 Å². The zero-order valence-electron chi connectivity index (χ0n) is 24.6. The number of halogens is 5. The molecule has 2 heterocycles. The Morgan fingerprint density at radius 1 is 0.688 bits per heavy atom. The van der Waals surface area contributed by atoms with Crippen LogP contribution in [0.15, 0.2) is 86.1 Å². The summed E-state index contributed by atoms with van der Waals surface area (Å²) in [4.78, 5) is 22.9. The summed E-state index contributed by atoms with van der Waals surface area (Å²) in [5, 5.41) is 39.9. The van der Waals surface area contributed by atoms with Crippen molar-refractivity contribution in [3.05, 3.63) is 109 Å². The van der Waals surface area contributed by atoms with Crippen LogP contribution in [0.5, 0.6) is 11.5 Å². The zero-order chi connectivity index (χ0) is 35.3. The van der Waals surface area contributed by atoms with Crippen LogP contribution in [-0.2, 0) is 9.47 Å². The van der Waals surface area contributed by atoms with E-state index in [2.05, 4.69) is 25.4 Å². The van der Waals surface area contributed by atoms with Crippen molar-refractivity contribution in [2.24, 2.45) is 0 Å². The Morgan fingerprint density at radius 2 is 1.12 bits per heavy atom. The summed E-state index contributed by atoms with van der Waals surface area (Å²) in [6, 6.07) is 19.8. The second kappa shape index (κ2) is 16.0. The third-order valence-corrected chi connectivity index (χ3v) is 7.93. The number of rotatable bonds is 4. The van der Waals surface area contributed by atoms with Crippen LogP contribution in [0.2, 0.25) is 20.1 Å². The minimum absolute atomic E-state index is 0.181. The number of methoxy groups -OCH3 is 2. The van der Waals surface area contributed by atoms with E-state index in [0.717, 1.165) is 0 Å². The maximum Gasteiger partial charge on any atom is 0.488 e. The van der Waals surface area contributed by atoms with Gasteiger partial charge in [-0.1, -0.05) is 64.6 Å². The normalized spacial score (nSPS) is 10.5. The number of carbonyl (C=O) groups excluding carboxylic acids is 2. The van der Waals surface area contributed by atoms with Gasteiger partial charge >= 0.3 is 19.1 Å². The van der Waals surface area contributed by atoms with Gasteiger partial charge in [-0.15, -0.1) is 0 Å². The maximum atomic E-state index is 11.6. The Hall–Kier alpha value is -3.88. The molecule has 0 saturated carbocycles. The molecule has 4 N–H and O–H groups in total. The van der Waals surface area contributed by atoms with Gasteiger partial charge in [-0.25, -0.2) is 9.59 Å². The fourth-order valence-corrected chi connectivity index (χ4v) is 5.82. The highest BCUT2D eigenvalue weighted by Crippen LogP contribution is 2.40. The number of hydrogen-bond acceptors (Lipinski definition) is 10. The second-order valence-electron chi connectivity index (χ2n) is 9.58. The highest BCUT2D eigenvalue weighted by molar-refractivity contribution is 9.10. The molecule has 16 heteroatoms. The Bertz CT molecular complexity index is 2090. The molecule has 0 unspecified atom stereocenters. The van der Waals surface area contributed by atoms with Crippen LogP contribution in [0.1, 0.15) is 21.1 Å². The molecule has 0 atom stereocenters. The molecule has 0 fully saturated rings. The topological polar surface area (TPSA) is 160 Å². The van der Waals surface area contributed by atoms with E-state index >= 15 is 0 Å². The number of furan rings is 2. The number of benzene rings is 4. The molecule has 0 aliphatic heterocycles. The molecule has 0 amide bonds. The van der Waals surface area contributed by atoms with E-state index < -0.39 is 19.1 Å². The molecule has 0 bridgehead atoms. The van der Waals surface area contributed by atoms with Crippen molar-refractivity contribution < 1.29 is 48.2 Å². The largest absolute Gasteiger partial charge is 0.504 e. The lowest BCUT2D eigenvalue weighted by molar-refractivity contribution is 0.0554. The summed E-state index contributed by atoms with van der Waals surface area (Å²) in [5.74, 6) is -2.31. The number of ether oxygens (including phenoxy) is 2. The summed E-state index contributed by atoms with van der Waals surface area (Å²) < 4.78 is 20.5. The minimum Gasteiger partial charge on any atom is -0.504 e. The van der Waals surface area contributed by atoms with Crippen LogP contribution in [-0.4, -0.2) is 53.5 Å². The Morgan fingerprint density at radius 3 is 1.58 bits per heavy atom. The molecule has 0 saturated heterocycles. The van der Waals surface area contributed by atoms with Crippen molar-refractivity contribution in [1.29, 1.82) is 0 Å². The first-order chi connectivity index (χ1) is 22.7. The van der Waals surface area contributed by atoms with E-state index in [9.17, 15) is 19.8 Å². The molecule has 0 aliphatic carbocycles. The third kappa shape index (κ3) is 8.39. The average molecular weight is 799 g/mol. The van der Waals surface area contributed by atoms with Gasteiger partial charge < -0.3 is 38.6 Å². The van der Waals surface area contributed by atoms with Crippen molar-refractivity contribution >= 4 is 109 Å². The first kappa shape index (κ1) is 37.0. The van der Waals surface area contributed by atoms with Crippen molar-refractivity contribution in [2.75, 3.05) is 14.2 Å². The summed E-state index contributed by atoms with van der Waals surface area (Å²) in [5.41, 5.74) is 2.46. The van der Waals surface area contributed by atoms with Crippen LogP contribution in [0.25, 0.3) is 33.1 Å². The molecule has 248 valence electrons. The summed E-state index contributed by atoms with van der Waals surface area (Å²) >= 11 is 26.5. The molecule has 0 spiro atoms. The number of aromatic hydroxyl groups is 2. The van der Waals surface area contributed by atoms with Gasteiger partial charge in [0.2, 0.25) is 0 Å². The quantitative estimate of drug-likeness (QED) is 0.101. The Balaban J connectivity index is 0.000000174. The summed E-state index contributed by atoms with van der Waals surface area (Å²) in [6.45, 7) is 0. The van der Waals surface area contributed by atoms with E-state index in [0.29, 0.717) is 63.1 Å². The lowest BCUT2D eigenvalue weighted by Crippen LogP contribution is -2.29. The van der Waals surface area contributed by atoms with Crippen LogP contribution in [0.4, 0.5) is 0 Å². The first-order valence-electron chi connectivity index (χ1n) is 13.3. The molecule has 6 aromatic rings. The second-order valence-corrected chi connectivity index (χ2v) is 12.2. The monoisotopic (exact) mass is 796 g/mol. The predicted molar refractivity (Wildman–Crippen MR) is 188 cm³/mol. The number of carbonyl (C=O) groups is 2. The molecule has 2 aromatic heterocycles. The van der Waals surface area contributed by atoms with Crippen molar-refractivity contribution in [3.63, 3.8) is 0 Å². The van der Waals surface area contributed by atoms with Gasteiger partial charge in [0.25, 0.3) is 11.5 Å². The van der Waals surface area contributed by atoms with E-state index in [-0.39, 0.29) is 23.0 Å². The third-order valence-electron chi connectivity index (χ3n) is 6.43. The zero-order valence-corrected chi connectivity index (χ0v) is 29.2. The SMILES string of the molecule is COC(=O)c1oc2c(-c3cc(Cl)cc(Cl)c3)cccc2c1O.COC(=O)c1oc2c(Br)cccc2c1O.OB(O)c1cc(Cl)cc(Cl)c1. The van der Waals surface area contributed by atoms with Crippen molar-refractivity contribution in [3.8, 4) is 22.6 Å². The standard InChI is InChI=1S/C16H10Cl2O4.C10H7BrO4.C6H5BCl2O2/c1-21-16(20)15-13(19)12-4-2-3-11(14(12)22-15)8-5-9(17)7-10(18)6-8;1-14-10(13)9-7(12)5-3-2-4-6(11)8(5)15-9;8-5-1-4(7(10)11)2-6(9)3-5/h2-7,19H,1H3;2-4,12H,1H3;1-3,10-11H. The summed E-state index contributed by atoms with van der Waals surface area (Å²) in [7, 11) is 0.919. The molecule has 48 heavy (non-hydrogen) atoms. The van der Waals surface area contributed by atoms with Crippen molar-refractivity contribution in [1.82, 2.24) is 0 Å². The summed E-state index contributed by atoms with van der Waals surface area (Å²) in [6.07, 6.45) is 0. The average Bonchev–Trinajstić information content (AvgIpc) is 3.57. The van der Waals surface area contributed by atoms with E-state index in [1.54, 1.807) is 54.6 Å². The fraction of sp³-hybridized carbons (Fsp3) is 0.0625. The van der Waals surface area contributed by atoms with E-state index in [1.807, 2.05) is 0 Å². The highest BCUT2D eigenvalue weighted by Gasteiger charge is 2.23. The fourth-order valence-electron chi connectivity index (χ4n) is 4.30. The molecular formula is C32H22BBrCl4O10. The van der Waals surface area contributed by atoms with Gasteiger partial charge in [0.1, 0.15) is 5.58 Å². The van der Waals surface area contributed by atoms with Crippen molar-refractivity contribution in [2.45, 2.75) is 0 Å². The highest BCUT2D eigenvalue weighted by atomic mass is 79.9. The maximum absolute atomic E-state index is 11.6. The number of fused-ring (bicyclic) bond motifs is 2. The van der Waals surface area contributed by atoms with Gasteiger partial charge in [-0.05, 0) is 81.6 Å². The predicted octanol–water partition coefficient (Wildman–Crippen LogP) is 8.26. The van der Waals surface area contributed by atoms with Gasteiger partial charge in [-0.2, -0.15) is 0 Å². The number of hydrogen-bond donors (Lipinski definition) is 4. The Labute approximate surface area is 301 Å². The Kier molecular flexibility index (Phi) is 12.3. The van der Waals surface area contributed by atoms with Gasteiger partial charge in [0, 0.05) is 25.7 Å². The molecule has 0 radical (unpaired) electrons.